The summed E-state index contributed by atoms with van der Waals surface area (Å²) in [5.74, 6) is 1.90. The molecule has 2 aromatic heterocycles. The molecule has 0 saturated carbocycles. The summed E-state index contributed by atoms with van der Waals surface area (Å²) in [5, 5.41) is 0. The van der Waals surface area contributed by atoms with Gasteiger partial charge in [-0.15, -0.1) is 0 Å². The van der Waals surface area contributed by atoms with Gasteiger partial charge in [-0.2, -0.15) is 0 Å². The zero-order chi connectivity index (χ0) is 12.4. The number of nitrogens with zero attached hydrogens (tertiary/aromatic N) is 3. The Morgan fingerprint density at radius 3 is 2.78 bits per heavy atom. The van der Waals surface area contributed by atoms with E-state index in [1.54, 1.807) is 6.26 Å². The van der Waals surface area contributed by atoms with Crippen LogP contribution in [0.3, 0.4) is 0 Å². The van der Waals surface area contributed by atoms with Crippen LogP contribution in [-0.2, 0) is 4.79 Å². The molecule has 1 saturated heterocycles. The quantitative estimate of drug-likeness (QED) is 0.806. The highest BCUT2D eigenvalue weighted by atomic mass is 16.3. The molecular weight excluding hydrogens is 230 g/mol. The maximum Gasteiger partial charge on any atom is 0.152 e. The Kier molecular flexibility index (Phi) is 2.80. The summed E-state index contributed by atoms with van der Waals surface area (Å²) >= 11 is 0. The Bertz CT molecular complexity index is 541. The van der Waals surface area contributed by atoms with Crippen LogP contribution in [0.5, 0.6) is 0 Å². The molecule has 3 rings (SSSR count). The van der Waals surface area contributed by atoms with Crippen LogP contribution in [0.1, 0.15) is 12.8 Å². The molecule has 0 amide bonds. The molecule has 92 valence electrons. The minimum absolute atomic E-state index is 0.326. The third kappa shape index (κ3) is 2.11. The van der Waals surface area contributed by atoms with E-state index in [1.165, 1.54) is 6.33 Å². The molecule has 18 heavy (non-hydrogen) atoms. The number of hydrogen-bond acceptors (Lipinski definition) is 5. The fourth-order valence-electron chi connectivity index (χ4n) is 2.06. The molecule has 5 heteroatoms. The van der Waals surface area contributed by atoms with E-state index in [4.69, 9.17) is 4.42 Å². The molecule has 0 aliphatic carbocycles. The van der Waals surface area contributed by atoms with Gasteiger partial charge in [-0.3, -0.25) is 4.79 Å². The van der Waals surface area contributed by atoms with Crippen molar-refractivity contribution >= 4 is 11.6 Å². The van der Waals surface area contributed by atoms with E-state index in [2.05, 4.69) is 14.9 Å². The number of anilines is 1. The zero-order valence-corrected chi connectivity index (χ0v) is 9.87. The third-order valence-corrected chi connectivity index (χ3v) is 3.07. The van der Waals surface area contributed by atoms with Gasteiger partial charge in [0.15, 0.2) is 5.76 Å². The van der Waals surface area contributed by atoms with Crippen molar-refractivity contribution in [3.63, 3.8) is 0 Å². The Morgan fingerprint density at radius 2 is 2.06 bits per heavy atom. The van der Waals surface area contributed by atoms with Gasteiger partial charge in [0.2, 0.25) is 0 Å². The molecule has 1 aliphatic heterocycles. The molecule has 0 unspecified atom stereocenters. The standard InChI is InChI=1S/C13H13N3O2/c17-10-3-5-16(6-4-10)13-8-11(14-9-15-13)12-2-1-7-18-12/h1-2,7-9H,3-6H2. The lowest BCUT2D eigenvalue weighted by Crippen LogP contribution is -2.34. The second kappa shape index (κ2) is 4.60. The van der Waals surface area contributed by atoms with Crippen LogP contribution in [0.25, 0.3) is 11.5 Å². The average molecular weight is 243 g/mol. The number of aromatic nitrogens is 2. The van der Waals surface area contributed by atoms with Crippen LogP contribution in [0.4, 0.5) is 5.82 Å². The van der Waals surface area contributed by atoms with Crippen LogP contribution in [0.15, 0.2) is 35.2 Å². The molecular formula is C13H13N3O2. The Morgan fingerprint density at radius 1 is 1.22 bits per heavy atom. The number of carbonyl (C=O) groups is 1. The van der Waals surface area contributed by atoms with Crippen LogP contribution in [-0.4, -0.2) is 28.8 Å². The highest BCUT2D eigenvalue weighted by Crippen LogP contribution is 2.22. The van der Waals surface area contributed by atoms with Gasteiger partial charge in [0.1, 0.15) is 23.6 Å². The molecule has 3 heterocycles. The van der Waals surface area contributed by atoms with E-state index in [-0.39, 0.29) is 0 Å². The largest absolute Gasteiger partial charge is 0.463 e. The van der Waals surface area contributed by atoms with Crippen LogP contribution >= 0.6 is 0 Å². The lowest BCUT2D eigenvalue weighted by atomic mass is 10.1. The van der Waals surface area contributed by atoms with Crippen molar-refractivity contribution in [2.75, 3.05) is 18.0 Å². The first kappa shape index (κ1) is 11.0. The Hall–Kier alpha value is -2.17. The number of Topliss-reactive ketones (excluding diaryl/α,β-unsaturated/α-hetero) is 1. The second-order valence-electron chi connectivity index (χ2n) is 4.26. The second-order valence-corrected chi connectivity index (χ2v) is 4.26. The molecule has 0 aromatic carbocycles. The van der Waals surface area contributed by atoms with Gasteiger partial charge < -0.3 is 9.32 Å². The van der Waals surface area contributed by atoms with E-state index >= 15 is 0 Å². The van der Waals surface area contributed by atoms with Crippen LogP contribution in [0.2, 0.25) is 0 Å². The number of piperidine rings is 1. The fourth-order valence-corrected chi connectivity index (χ4v) is 2.06. The van der Waals surface area contributed by atoms with Crippen LogP contribution < -0.4 is 4.90 Å². The molecule has 2 aromatic rings. The lowest BCUT2D eigenvalue weighted by molar-refractivity contribution is -0.119. The molecule has 0 bridgehead atoms. The van der Waals surface area contributed by atoms with Gasteiger partial charge in [0.25, 0.3) is 0 Å². The fraction of sp³-hybridized carbons (Fsp3) is 0.308. The van der Waals surface area contributed by atoms with Gasteiger partial charge >= 0.3 is 0 Å². The molecule has 5 nitrogen and oxygen atoms in total. The first-order valence-corrected chi connectivity index (χ1v) is 5.95. The van der Waals surface area contributed by atoms with Crippen molar-refractivity contribution in [1.29, 1.82) is 0 Å². The summed E-state index contributed by atoms with van der Waals surface area (Å²) in [4.78, 5) is 21.8. The predicted octanol–water partition coefficient (Wildman–Crippen LogP) is 1.91. The molecule has 0 radical (unpaired) electrons. The zero-order valence-electron chi connectivity index (χ0n) is 9.87. The van der Waals surface area contributed by atoms with Gasteiger partial charge in [0, 0.05) is 32.0 Å². The van der Waals surface area contributed by atoms with E-state index in [0.29, 0.717) is 18.6 Å². The Balaban J connectivity index is 1.85. The van der Waals surface area contributed by atoms with E-state index in [0.717, 1.165) is 30.4 Å². The summed E-state index contributed by atoms with van der Waals surface area (Å²) in [6.07, 6.45) is 4.35. The first-order valence-electron chi connectivity index (χ1n) is 5.95. The van der Waals surface area contributed by atoms with Crippen molar-refractivity contribution in [2.45, 2.75) is 12.8 Å². The summed E-state index contributed by atoms with van der Waals surface area (Å²) in [6, 6.07) is 5.59. The number of hydrogen-bond donors (Lipinski definition) is 0. The summed E-state index contributed by atoms with van der Waals surface area (Å²) in [6.45, 7) is 1.46. The van der Waals surface area contributed by atoms with Crippen molar-refractivity contribution in [2.24, 2.45) is 0 Å². The Labute approximate surface area is 104 Å². The van der Waals surface area contributed by atoms with Crippen LogP contribution in [0, 0.1) is 0 Å². The highest BCUT2D eigenvalue weighted by Gasteiger charge is 2.18. The third-order valence-electron chi connectivity index (χ3n) is 3.07. The summed E-state index contributed by atoms with van der Waals surface area (Å²) < 4.78 is 5.32. The number of ketones is 1. The minimum atomic E-state index is 0.326. The molecule has 0 atom stereocenters. The van der Waals surface area contributed by atoms with Gasteiger partial charge in [0.05, 0.1) is 6.26 Å². The number of furan rings is 1. The molecule has 0 N–H and O–H groups in total. The number of carbonyl (C=O) groups excluding carboxylic acids is 1. The van der Waals surface area contributed by atoms with E-state index in [9.17, 15) is 4.79 Å². The SMILES string of the molecule is O=C1CCN(c2cc(-c3ccco3)ncn2)CC1. The van der Waals surface area contributed by atoms with Crippen molar-refractivity contribution in [3.05, 3.63) is 30.8 Å². The van der Waals surface area contributed by atoms with Crippen molar-refractivity contribution < 1.29 is 9.21 Å². The summed E-state index contributed by atoms with van der Waals surface area (Å²) in [5.41, 5.74) is 0.766. The predicted molar refractivity (Wildman–Crippen MR) is 66.2 cm³/mol. The lowest BCUT2D eigenvalue weighted by Gasteiger charge is -2.26. The van der Waals surface area contributed by atoms with Crippen molar-refractivity contribution in [3.8, 4) is 11.5 Å². The van der Waals surface area contributed by atoms with Gasteiger partial charge in [-0.25, -0.2) is 9.97 Å². The molecule has 0 spiro atoms. The maximum absolute atomic E-state index is 11.2. The van der Waals surface area contributed by atoms with E-state index < -0.39 is 0 Å². The van der Waals surface area contributed by atoms with Gasteiger partial charge in [-0.1, -0.05) is 0 Å². The highest BCUT2D eigenvalue weighted by molar-refractivity contribution is 5.80. The number of rotatable bonds is 2. The maximum atomic E-state index is 11.2. The monoisotopic (exact) mass is 243 g/mol. The van der Waals surface area contributed by atoms with E-state index in [1.807, 2.05) is 18.2 Å². The normalized spacial score (nSPS) is 16.0. The minimum Gasteiger partial charge on any atom is -0.463 e. The van der Waals surface area contributed by atoms with Gasteiger partial charge in [-0.05, 0) is 12.1 Å². The van der Waals surface area contributed by atoms with Crippen molar-refractivity contribution in [1.82, 2.24) is 9.97 Å². The topological polar surface area (TPSA) is 59.2 Å². The average Bonchev–Trinajstić information content (AvgIpc) is 2.94. The smallest absolute Gasteiger partial charge is 0.152 e. The first-order chi connectivity index (χ1) is 8.83. The summed E-state index contributed by atoms with van der Waals surface area (Å²) in [7, 11) is 0. The molecule has 1 fully saturated rings. The molecule has 1 aliphatic rings.